The Balaban J connectivity index is 1.37. The molecule has 10 nitrogen and oxygen atoms in total. The molecule has 1 aliphatic rings. The second-order valence-electron chi connectivity index (χ2n) is 7.08. The van der Waals surface area contributed by atoms with Gasteiger partial charge in [0, 0.05) is 76.2 Å². The topological polar surface area (TPSA) is 106 Å². The van der Waals surface area contributed by atoms with Crippen LogP contribution in [-0.4, -0.2) is 74.7 Å². The number of hydrogen-bond acceptors (Lipinski definition) is 7. The molecular formula is C19H23N7O3S. The van der Waals surface area contributed by atoms with Crippen molar-refractivity contribution in [1.82, 2.24) is 33.5 Å². The number of piperazine rings is 1. The Morgan fingerprint density at radius 3 is 2.37 bits per heavy atom. The first kappa shape index (κ1) is 20.4. The fourth-order valence-electron chi connectivity index (χ4n) is 3.43. The van der Waals surface area contributed by atoms with E-state index in [0.29, 0.717) is 45.0 Å². The molecule has 0 bridgehead atoms. The van der Waals surface area contributed by atoms with Gasteiger partial charge in [-0.05, 0) is 18.2 Å². The van der Waals surface area contributed by atoms with Crippen LogP contribution in [0.25, 0.3) is 11.3 Å². The Morgan fingerprint density at radius 1 is 0.967 bits per heavy atom. The molecule has 0 amide bonds. The number of nitrogens with zero attached hydrogens (tertiary/aromatic N) is 7. The highest BCUT2D eigenvalue weighted by molar-refractivity contribution is 7.89. The second kappa shape index (κ2) is 8.46. The van der Waals surface area contributed by atoms with Gasteiger partial charge in [-0.25, -0.2) is 18.1 Å². The van der Waals surface area contributed by atoms with Crippen molar-refractivity contribution in [2.75, 3.05) is 32.7 Å². The fraction of sp³-hybridized carbons (Fsp3) is 0.368. The number of aromatic nitrogens is 5. The van der Waals surface area contributed by atoms with Crippen LogP contribution in [0.3, 0.4) is 0 Å². The Bertz CT molecular complexity index is 1170. The van der Waals surface area contributed by atoms with Gasteiger partial charge in [0.1, 0.15) is 0 Å². The standard InChI is InChI=1S/C19H23N7O3S/c1-23-9-8-21-19(23)30(28,29)25-13-10-24(11-14-25)12-15-26-18(27)3-2-17(22-26)16-4-6-20-7-5-16/h2-9H,10-15H2,1H3. The molecular weight excluding hydrogens is 406 g/mol. The molecule has 1 fully saturated rings. The lowest BCUT2D eigenvalue weighted by Gasteiger charge is -2.33. The van der Waals surface area contributed by atoms with Crippen molar-refractivity contribution in [1.29, 1.82) is 0 Å². The predicted molar refractivity (Wildman–Crippen MR) is 110 cm³/mol. The van der Waals surface area contributed by atoms with E-state index in [1.807, 2.05) is 12.1 Å². The molecule has 0 saturated carbocycles. The monoisotopic (exact) mass is 429 g/mol. The molecule has 3 aromatic heterocycles. The highest BCUT2D eigenvalue weighted by atomic mass is 32.2. The Labute approximate surface area is 174 Å². The van der Waals surface area contributed by atoms with Crippen molar-refractivity contribution in [2.45, 2.75) is 11.7 Å². The van der Waals surface area contributed by atoms with Crippen molar-refractivity contribution in [3.8, 4) is 11.3 Å². The van der Waals surface area contributed by atoms with Gasteiger partial charge in [-0.3, -0.25) is 14.7 Å². The third kappa shape index (κ3) is 4.18. The Morgan fingerprint density at radius 2 is 1.70 bits per heavy atom. The van der Waals surface area contributed by atoms with E-state index in [1.54, 1.807) is 31.7 Å². The van der Waals surface area contributed by atoms with E-state index in [0.717, 1.165) is 5.56 Å². The molecule has 158 valence electrons. The van der Waals surface area contributed by atoms with Crippen LogP contribution >= 0.6 is 0 Å². The number of pyridine rings is 1. The van der Waals surface area contributed by atoms with E-state index in [2.05, 4.69) is 20.0 Å². The van der Waals surface area contributed by atoms with Crippen LogP contribution in [0.5, 0.6) is 0 Å². The first-order valence-electron chi connectivity index (χ1n) is 9.63. The van der Waals surface area contributed by atoms with E-state index in [9.17, 15) is 13.2 Å². The van der Waals surface area contributed by atoms with Crippen molar-refractivity contribution in [2.24, 2.45) is 7.05 Å². The lowest BCUT2D eigenvalue weighted by Crippen LogP contribution is -2.49. The molecule has 0 aliphatic carbocycles. The van der Waals surface area contributed by atoms with Crippen molar-refractivity contribution >= 4 is 10.0 Å². The van der Waals surface area contributed by atoms with Gasteiger partial charge < -0.3 is 4.57 Å². The van der Waals surface area contributed by atoms with Gasteiger partial charge in [-0.15, -0.1) is 0 Å². The van der Waals surface area contributed by atoms with E-state index in [1.165, 1.54) is 25.8 Å². The van der Waals surface area contributed by atoms with E-state index in [4.69, 9.17) is 0 Å². The molecule has 1 saturated heterocycles. The molecule has 0 radical (unpaired) electrons. The third-order valence-corrected chi connectivity index (χ3v) is 7.05. The van der Waals surface area contributed by atoms with Crippen molar-refractivity contribution in [3.05, 3.63) is 59.4 Å². The van der Waals surface area contributed by atoms with Gasteiger partial charge >= 0.3 is 0 Å². The minimum Gasteiger partial charge on any atom is -0.324 e. The Hall–Kier alpha value is -2.89. The molecule has 0 unspecified atom stereocenters. The van der Waals surface area contributed by atoms with Crippen molar-refractivity contribution < 1.29 is 8.42 Å². The normalized spacial score (nSPS) is 16.0. The summed E-state index contributed by atoms with van der Waals surface area (Å²) in [5.74, 6) is 0. The lowest BCUT2D eigenvalue weighted by molar-refractivity contribution is 0.179. The summed E-state index contributed by atoms with van der Waals surface area (Å²) in [5, 5.41) is 4.51. The molecule has 11 heteroatoms. The summed E-state index contributed by atoms with van der Waals surface area (Å²) in [7, 11) is -1.93. The average Bonchev–Trinajstić information content (AvgIpc) is 3.21. The SMILES string of the molecule is Cn1ccnc1S(=O)(=O)N1CCN(CCn2nc(-c3ccncc3)ccc2=O)CC1. The van der Waals surface area contributed by atoms with E-state index >= 15 is 0 Å². The van der Waals surface area contributed by atoms with E-state index < -0.39 is 10.0 Å². The molecule has 4 heterocycles. The molecule has 4 rings (SSSR count). The van der Waals surface area contributed by atoms with Gasteiger partial charge in [0.25, 0.3) is 15.6 Å². The minimum absolute atomic E-state index is 0.0552. The van der Waals surface area contributed by atoms with Crippen LogP contribution in [0.15, 0.2) is 59.0 Å². The number of aryl methyl sites for hydroxylation is 1. The summed E-state index contributed by atoms with van der Waals surface area (Å²) in [5.41, 5.74) is 1.44. The third-order valence-electron chi connectivity index (χ3n) is 5.15. The van der Waals surface area contributed by atoms with Crippen LogP contribution in [0, 0.1) is 0 Å². The van der Waals surface area contributed by atoms with Crippen LogP contribution in [-0.2, 0) is 23.6 Å². The fourth-order valence-corrected chi connectivity index (χ4v) is 4.93. The summed E-state index contributed by atoms with van der Waals surface area (Å²) < 4.78 is 29.9. The van der Waals surface area contributed by atoms with Crippen molar-refractivity contribution in [3.63, 3.8) is 0 Å². The maximum Gasteiger partial charge on any atom is 0.277 e. The summed E-state index contributed by atoms with van der Waals surface area (Å²) in [6.45, 7) is 2.99. The first-order chi connectivity index (χ1) is 14.4. The molecule has 30 heavy (non-hydrogen) atoms. The zero-order chi connectivity index (χ0) is 21.1. The molecule has 0 N–H and O–H groups in total. The smallest absolute Gasteiger partial charge is 0.277 e. The van der Waals surface area contributed by atoms with Crippen LogP contribution in [0.4, 0.5) is 0 Å². The number of sulfonamides is 1. The molecule has 0 spiro atoms. The molecule has 1 aliphatic heterocycles. The van der Waals surface area contributed by atoms with Gasteiger partial charge in [-0.1, -0.05) is 0 Å². The van der Waals surface area contributed by atoms with Gasteiger partial charge in [0.2, 0.25) is 5.16 Å². The Kier molecular flexibility index (Phi) is 5.75. The highest BCUT2D eigenvalue weighted by Crippen LogP contribution is 2.16. The summed E-state index contributed by atoms with van der Waals surface area (Å²) in [6, 6.07) is 6.91. The van der Waals surface area contributed by atoms with Crippen LogP contribution in [0.2, 0.25) is 0 Å². The highest BCUT2D eigenvalue weighted by Gasteiger charge is 2.31. The largest absolute Gasteiger partial charge is 0.324 e. The zero-order valence-electron chi connectivity index (χ0n) is 16.6. The summed E-state index contributed by atoms with van der Waals surface area (Å²) in [4.78, 5) is 22.3. The number of rotatable bonds is 6. The van der Waals surface area contributed by atoms with Crippen LogP contribution in [0.1, 0.15) is 0 Å². The summed E-state index contributed by atoms with van der Waals surface area (Å²) in [6.07, 6.45) is 6.47. The summed E-state index contributed by atoms with van der Waals surface area (Å²) >= 11 is 0. The maximum absolute atomic E-state index is 12.7. The van der Waals surface area contributed by atoms with Gasteiger partial charge in [-0.2, -0.15) is 9.40 Å². The van der Waals surface area contributed by atoms with Gasteiger partial charge in [0.15, 0.2) is 0 Å². The molecule has 3 aromatic rings. The first-order valence-corrected chi connectivity index (χ1v) is 11.1. The number of hydrogen-bond donors (Lipinski definition) is 0. The predicted octanol–water partition coefficient (Wildman–Crippen LogP) is 0.0453. The maximum atomic E-state index is 12.7. The van der Waals surface area contributed by atoms with Gasteiger partial charge in [0.05, 0.1) is 12.2 Å². The minimum atomic E-state index is -3.60. The zero-order valence-corrected chi connectivity index (χ0v) is 17.4. The van der Waals surface area contributed by atoms with E-state index in [-0.39, 0.29) is 10.7 Å². The average molecular weight is 430 g/mol. The quantitative estimate of drug-likeness (QED) is 0.545. The molecule has 0 atom stereocenters. The van der Waals surface area contributed by atoms with Crippen LogP contribution < -0.4 is 5.56 Å². The number of imidazole rings is 1. The lowest BCUT2D eigenvalue weighted by atomic mass is 10.2. The second-order valence-corrected chi connectivity index (χ2v) is 8.91. The molecule has 0 aromatic carbocycles.